The van der Waals surface area contributed by atoms with Crippen molar-refractivity contribution in [1.82, 2.24) is 0 Å². The number of carbonyl (C=O) groups is 2. The van der Waals surface area contributed by atoms with Gasteiger partial charge in [0.1, 0.15) is 0 Å². The molecule has 4 atom stereocenters. The van der Waals surface area contributed by atoms with Crippen LogP contribution in [0.15, 0.2) is 0 Å². The van der Waals surface area contributed by atoms with Crippen LogP contribution in [0.2, 0.25) is 0 Å². The summed E-state index contributed by atoms with van der Waals surface area (Å²) in [6.07, 6.45) is 4.87. The number of hydrogen-bond donors (Lipinski definition) is 2. The molecule has 0 bridgehead atoms. The molecule has 4 heteroatoms. The fraction of sp³-hybridized carbons (Fsp3) is 0.895. The maximum Gasteiger partial charge on any atom is 0.306 e. The maximum absolute atomic E-state index is 11.3. The van der Waals surface area contributed by atoms with Crippen molar-refractivity contribution in [2.24, 2.45) is 29.1 Å². The second-order valence-corrected chi connectivity index (χ2v) is 8.28. The normalized spacial score (nSPS) is 17.3. The lowest BCUT2D eigenvalue weighted by Crippen LogP contribution is -2.26. The van der Waals surface area contributed by atoms with E-state index in [0.717, 1.165) is 25.7 Å². The molecule has 0 rings (SSSR count). The quantitative estimate of drug-likeness (QED) is 0.524. The molecule has 0 saturated heterocycles. The molecule has 4 unspecified atom stereocenters. The molecule has 4 nitrogen and oxygen atoms in total. The second kappa shape index (κ2) is 9.94. The first-order valence-electron chi connectivity index (χ1n) is 8.93. The third-order valence-electron chi connectivity index (χ3n) is 4.96. The van der Waals surface area contributed by atoms with Crippen molar-refractivity contribution >= 4 is 11.9 Å². The van der Waals surface area contributed by atoms with Gasteiger partial charge < -0.3 is 10.2 Å². The Kier molecular flexibility index (Phi) is 9.48. The van der Waals surface area contributed by atoms with Gasteiger partial charge in [0, 0.05) is 6.42 Å². The van der Waals surface area contributed by atoms with Crippen LogP contribution in [0.4, 0.5) is 0 Å². The van der Waals surface area contributed by atoms with Crippen molar-refractivity contribution in [3.63, 3.8) is 0 Å². The zero-order valence-electron chi connectivity index (χ0n) is 15.8. The van der Waals surface area contributed by atoms with Gasteiger partial charge in [-0.05, 0) is 48.9 Å². The maximum atomic E-state index is 11.3. The summed E-state index contributed by atoms with van der Waals surface area (Å²) in [6, 6.07) is 0. The average Bonchev–Trinajstić information content (AvgIpc) is 2.35. The Bertz CT molecular complexity index is 376. The van der Waals surface area contributed by atoms with Gasteiger partial charge in [-0.15, -0.1) is 0 Å². The molecule has 0 aliphatic rings. The largest absolute Gasteiger partial charge is 0.481 e. The number of rotatable bonds is 12. The van der Waals surface area contributed by atoms with Crippen molar-refractivity contribution in [3.05, 3.63) is 0 Å². The Balaban J connectivity index is 4.35. The van der Waals surface area contributed by atoms with Gasteiger partial charge in [-0.3, -0.25) is 9.59 Å². The van der Waals surface area contributed by atoms with E-state index in [1.165, 1.54) is 0 Å². The third kappa shape index (κ3) is 9.62. The van der Waals surface area contributed by atoms with Crippen LogP contribution >= 0.6 is 0 Å². The number of hydrogen-bond acceptors (Lipinski definition) is 2. The van der Waals surface area contributed by atoms with Crippen molar-refractivity contribution < 1.29 is 19.8 Å². The fourth-order valence-corrected chi connectivity index (χ4v) is 3.76. The van der Waals surface area contributed by atoms with E-state index < -0.39 is 11.9 Å². The van der Waals surface area contributed by atoms with Crippen LogP contribution in [-0.4, -0.2) is 22.2 Å². The van der Waals surface area contributed by atoms with E-state index in [9.17, 15) is 14.7 Å². The molecule has 0 aromatic heterocycles. The lowest BCUT2D eigenvalue weighted by molar-refractivity contribution is -0.144. The van der Waals surface area contributed by atoms with E-state index >= 15 is 0 Å². The Labute approximate surface area is 141 Å². The van der Waals surface area contributed by atoms with Crippen LogP contribution < -0.4 is 0 Å². The minimum absolute atomic E-state index is 0.118. The lowest BCUT2D eigenvalue weighted by Gasteiger charge is -2.31. The SMILES string of the molecule is CCC(C(=O)O)C(C)CC(C)(C)CCC(C)CC(C)CC(=O)O. The molecule has 0 fully saturated rings. The second-order valence-electron chi connectivity index (χ2n) is 8.28. The molecule has 2 N–H and O–H groups in total. The van der Waals surface area contributed by atoms with Gasteiger partial charge in [0.2, 0.25) is 0 Å². The molecule has 0 aromatic rings. The highest BCUT2D eigenvalue weighted by molar-refractivity contribution is 5.70. The molecule has 0 radical (unpaired) electrons. The van der Waals surface area contributed by atoms with E-state index in [4.69, 9.17) is 5.11 Å². The van der Waals surface area contributed by atoms with E-state index in [1.807, 2.05) is 20.8 Å². The number of aliphatic carboxylic acids is 2. The first-order chi connectivity index (χ1) is 10.5. The zero-order valence-corrected chi connectivity index (χ0v) is 15.8. The topological polar surface area (TPSA) is 74.6 Å². The Hall–Kier alpha value is -1.06. The molecule has 23 heavy (non-hydrogen) atoms. The number of carboxylic acids is 2. The predicted octanol–water partition coefficient (Wildman–Crippen LogP) is 5.07. The van der Waals surface area contributed by atoms with Crippen molar-refractivity contribution in [1.29, 1.82) is 0 Å². The minimum atomic E-state index is -0.724. The summed E-state index contributed by atoms with van der Waals surface area (Å²) < 4.78 is 0. The summed E-state index contributed by atoms with van der Waals surface area (Å²) in [6.45, 7) is 12.6. The smallest absolute Gasteiger partial charge is 0.306 e. The van der Waals surface area contributed by atoms with E-state index in [-0.39, 0.29) is 29.6 Å². The summed E-state index contributed by atoms with van der Waals surface area (Å²) in [7, 11) is 0. The van der Waals surface area contributed by atoms with Crippen molar-refractivity contribution in [2.45, 2.75) is 80.1 Å². The van der Waals surface area contributed by atoms with Crippen LogP contribution in [0, 0.1) is 29.1 Å². The van der Waals surface area contributed by atoms with Crippen molar-refractivity contribution in [2.75, 3.05) is 0 Å². The molecule has 0 saturated carbocycles. The highest BCUT2D eigenvalue weighted by Gasteiger charge is 2.29. The summed E-state index contributed by atoms with van der Waals surface area (Å²) >= 11 is 0. The Morgan fingerprint density at radius 3 is 2.04 bits per heavy atom. The van der Waals surface area contributed by atoms with Crippen LogP contribution in [0.3, 0.4) is 0 Å². The highest BCUT2D eigenvalue weighted by Crippen LogP contribution is 2.36. The van der Waals surface area contributed by atoms with Gasteiger partial charge >= 0.3 is 11.9 Å². The van der Waals surface area contributed by atoms with Gasteiger partial charge in [-0.25, -0.2) is 0 Å². The van der Waals surface area contributed by atoms with Crippen molar-refractivity contribution in [3.8, 4) is 0 Å². The highest BCUT2D eigenvalue weighted by atomic mass is 16.4. The summed E-state index contributed by atoms with van der Waals surface area (Å²) in [5.74, 6) is -0.790. The van der Waals surface area contributed by atoms with Gasteiger partial charge in [0.05, 0.1) is 5.92 Å². The van der Waals surface area contributed by atoms with Crippen LogP contribution in [0.5, 0.6) is 0 Å². The molecule has 0 aromatic carbocycles. The Morgan fingerprint density at radius 1 is 1.04 bits per heavy atom. The summed E-state index contributed by atoms with van der Waals surface area (Å²) in [4.78, 5) is 22.0. The van der Waals surface area contributed by atoms with E-state index in [1.54, 1.807) is 0 Å². The Morgan fingerprint density at radius 2 is 1.61 bits per heavy atom. The van der Waals surface area contributed by atoms with Gasteiger partial charge in [-0.1, -0.05) is 48.0 Å². The van der Waals surface area contributed by atoms with E-state index in [0.29, 0.717) is 12.3 Å². The lowest BCUT2D eigenvalue weighted by atomic mass is 9.74. The number of carboxylic acid groups (broad SMARTS) is 2. The van der Waals surface area contributed by atoms with E-state index in [2.05, 4.69) is 20.8 Å². The first kappa shape index (κ1) is 21.9. The molecule has 0 spiro atoms. The molecular weight excluding hydrogens is 292 g/mol. The van der Waals surface area contributed by atoms with Crippen LogP contribution in [0.1, 0.15) is 80.1 Å². The summed E-state index contributed by atoms with van der Waals surface area (Å²) in [5.41, 5.74) is 0.118. The minimum Gasteiger partial charge on any atom is -0.481 e. The molecule has 136 valence electrons. The monoisotopic (exact) mass is 328 g/mol. The molecule has 0 amide bonds. The predicted molar refractivity (Wildman–Crippen MR) is 93.4 cm³/mol. The zero-order chi connectivity index (χ0) is 18.2. The van der Waals surface area contributed by atoms with Gasteiger partial charge in [0.25, 0.3) is 0 Å². The fourth-order valence-electron chi connectivity index (χ4n) is 3.76. The average molecular weight is 328 g/mol. The molecule has 0 heterocycles. The van der Waals surface area contributed by atoms with Crippen LogP contribution in [0.25, 0.3) is 0 Å². The summed E-state index contributed by atoms with van der Waals surface area (Å²) in [5, 5.41) is 18.1. The molecule has 0 aliphatic carbocycles. The third-order valence-corrected chi connectivity index (χ3v) is 4.96. The molecular formula is C19H36O4. The standard InChI is InChI=1S/C19H36O4/c1-7-16(18(22)23)15(4)12-19(5,6)9-8-13(2)10-14(3)11-17(20)21/h13-16H,7-12H2,1-6H3,(H,20,21)(H,22,23). The van der Waals surface area contributed by atoms with Crippen LogP contribution in [-0.2, 0) is 9.59 Å². The van der Waals surface area contributed by atoms with Gasteiger partial charge in [-0.2, -0.15) is 0 Å². The first-order valence-corrected chi connectivity index (χ1v) is 8.93. The molecule has 0 aliphatic heterocycles. The van der Waals surface area contributed by atoms with Gasteiger partial charge in [0.15, 0.2) is 0 Å².